The monoisotopic (exact) mass is 296 g/mol. The zero-order chi connectivity index (χ0) is 15.1. The highest BCUT2D eigenvalue weighted by Crippen LogP contribution is 2.38. The molecule has 108 valence electrons. The van der Waals surface area contributed by atoms with Crippen LogP contribution in [-0.2, 0) is 19.6 Å². The minimum absolute atomic E-state index is 0.0569. The van der Waals surface area contributed by atoms with E-state index in [0.717, 1.165) is 4.90 Å². The van der Waals surface area contributed by atoms with Gasteiger partial charge in [-0.05, 0) is 30.7 Å². The van der Waals surface area contributed by atoms with Crippen LogP contribution in [0, 0.1) is 5.41 Å². The van der Waals surface area contributed by atoms with E-state index < -0.39 is 15.4 Å². The van der Waals surface area contributed by atoms with Crippen molar-refractivity contribution in [2.45, 2.75) is 31.6 Å². The number of nitrogens with two attached hydrogens (primary N) is 1. The molecule has 1 saturated heterocycles. The van der Waals surface area contributed by atoms with E-state index in [-0.39, 0.29) is 23.1 Å². The summed E-state index contributed by atoms with van der Waals surface area (Å²) in [6, 6.07) is 5.40. The van der Waals surface area contributed by atoms with Gasteiger partial charge in [0.2, 0.25) is 21.8 Å². The Kier molecular flexibility index (Phi) is 3.43. The predicted molar refractivity (Wildman–Crippen MR) is 73.3 cm³/mol. The average Bonchev–Trinajstić information content (AvgIpc) is 2.60. The highest BCUT2D eigenvalue weighted by Gasteiger charge is 2.47. The van der Waals surface area contributed by atoms with Crippen LogP contribution >= 0.6 is 0 Å². The third-order valence-corrected chi connectivity index (χ3v) is 4.64. The van der Waals surface area contributed by atoms with Gasteiger partial charge < -0.3 is 0 Å². The number of sulfonamides is 1. The fourth-order valence-corrected chi connectivity index (χ4v) is 2.71. The van der Waals surface area contributed by atoms with Crippen molar-refractivity contribution < 1.29 is 18.0 Å². The summed E-state index contributed by atoms with van der Waals surface area (Å²) in [6.07, 6.45) is 0.739. The molecule has 0 radical (unpaired) electrons. The number of primary sulfonamides is 1. The van der Waals surface area contributed by atoms with Crippen molar-refractivity contribution in [2.75, 3.05) is 4.90 Å². The Balaban J connectivity index is 2.38. The Hall–Kier alpha value is -1.73. The van der Waals surface area contributed by atoms with Gasteiger partial charge in [0.1, 0.15) is 0 Å². The number of hydrogen-bond donors (Lipinski definition) is 1. The standard InChI is InChI=1S/C13H16N2O4S/c1-3-13(2)8-11(16)15(12(13)17)9-4-6-10(7-5-9)20(14,18)19/h4-7H,3,8H2,1-2H3,(H2,14,18,19). The Morgan fingerprint density at radius 3 is 2.20 bits per heavy atom. The summed E-state index contributed by atoms with van der Waals surface area (Å²) in [5.41, 5.74) is -0.319. The van der Waals surface area contributed by atoms with Crippen LogP contribution in [0.5, 0.6) is 0 Å². The Bertz CT molecular complexity index is 666. The van der Waals surface area contributed by atoms with Gasteiger partial charge in [-0.15, -0.1) is 0 Å². The molecule has 0 spiro atoms. The molecule has 20 heavy (non-hydrogen) atoms. The van der Waals surface area contributed by atoms with Gasteiger partial charge in [0.15, 0.2) is 0 Å². The quantitative estimate of drug-likeness (QED) is 0.842. The van der Waals surface area contributed by atoms with Crippen LogP contribution in [0.1, 0.15) is 26.7 Å². The SMILES string of the molecule is CCC1(C)CC(=O)N(c2ccc(S(N)(=O)=O)cc2)C1=O. The summed E-state index contributed by atoms with van der Waals surface area (Å²) in [5, 5.41) is 5.00. The van der Waals surface area contributed by atoms with Gasteiger partial charge in [0, 0.05) is 6.42 Å². The van der Waals surface area contributed by atoms with Gasteiger partial charge in [-0.2, -0.15) is 0 Å². The zero-order valence-corrected chi connectivity index (χ0v) is 12.1. The summed E-state index contributed by atoms with van der Waals surface area (Å²) < 4.78 is 22.3. The van der Waals surface area contributed by atoms with Crippen LogP contribution in [0.15, 0.2) is 29.2 Å². The van der Waals surface area contributed by atoms with Crippen molar-refractivity contribution in [3.8, 4) is 0 Å². The van der Waals surface area contributed by atoms with Gasteiger partial charge in [0.05, 0.1) is 16.0 Å². The predicted octanol–water partition coefficient (Wildman–Crippen LogP) is 1.01. The Labute approximate surface area is 117 Å². The molecule has 1 atom stereocenters. The lowest BCUT2D eigenvalue weighted by molar-refractivity contribution is -0.125. The Morgan fingerprint density at radius 2 is 1.80 bits per heavy atom. The molecule has 1 aromatic carbocycles. The fourth-order valence-electron chi connectivity index (χ4n) is 2.19. The second-order valence-corrected chi connectivity index (χ2v) is 6.73. The number of carbonyl (C=O) groups is 2. The summed E-state index contributed by atoms with van der Waals surface area (Å²) in [4.78, 5) is 25.4. The van der Waals surface area contributed by atoms with Gasteiger partial charge >= 0.3 is 0 Å². The Morgan fingerprint density at radius 1 is 1.25 bits per heavy atom. The first-order valence-corrected chi connectivity index (χ1v) is 7.74. The lowest BCUT2D eigenvalue weighted by Crippen LogP contribution is -2.34. The number of hydrogen-bond acceptors (Lipinski definition) is 4. The number of imide groups is 1. The van der Waals surface area contributed by atoms with E-state index in [1.807, 2.05) is 6.92 Å². The molecule has 1 fully saturated rings. The maximum absolute atomic E-state index is 12.3. The second kappa shape index (κ2) is 4.68. The van der Waals surface area contributed by atoms with Crippen LogP contribution in [-0.4, -0.2) is 20.2 Å². The van der Waals surface area contributed by atoms with Gasteiger partial charge in [-0.1, -0.05) is 13.8 Å². The molecule has 1 unspecified atom stereocenters. The topological polar surface area (TPSA) is 97.5 Å². The van der Waals surface area contributed by atoms with Crippen molar-refractivity contribution in [3.05, 3.63) is 24.3 Å². The van der Waals surface area contributed by atoms with Gasteiger partial charge in [-0.3, -0.25) is 14.5 Å². The smallest absolute Gasteiger partial charge is 0.240 e. The van der Waals surface area contributed by atoms with Crippen molar-refractivity contribution in [1.82, 2.24) is 0 Å². The molecule has 6 nitrogen and oxygen atoms in total. The molecule has 0 aliphatic carbocycles. The normalized spacial score (nSPS) is 23.4. The molecule has 0 aromatic heterocycles. The second-order valence-electron chi connectivity index (χ2n) is 5.16. The molecule has 0 bridgehead atoms. The number of rotatable bonds is 3. The van der Waals surface area contributed by atoms with E-state index >= 15 is 0 Å². The van der Waals surface area contributed by atoms with E-state index in [4.69, 9.17) is 5.14 Å². The third-order valence-electron chi connectivity index (χ3n) is 3.71. The lowest BCUT2D eigenvalue weighted by atomic mass is 9.86. The molecule has 1 aromatic rings. The largest absolute Gasteiger partial charge is 0.274 e. The minimum atomic E-state index is -3.79. The number of anilines is 1. The first-order chi connectivity index (χ1) is 9.19. The molecule has 1 heterocycles. The highest BCUT2D eigenvalue weighted by atomic mass is 32.2. The molecular formula is C13H16N2O4S. The van der Waals surface area contributed by atoms with Crippen LogP contribution in [0.2, 0.25) is 0 Å². The van der Waals surface area contributed by atoms with E-state index in [1.54, 1.807) is 6.92 Å². The molecule has 2 rings (SSSR count). The molecule has 1 aliphatic heterocycles. The first-order valence-electron chi connectivity index (χ1n) is 6.19. The minimum Gasteiger partial charge on any atom is -0.274 e. The highest BCUT2D eigenvalue weighted by molar-refractivity contribution is 7.89. The number of nitrogens with zero attached hydrogens (tertiary/aromatic N) is 1. The number of carbonyl (C=O) groups excluding carboxylic acids is 2. The maximum atomic E-state index is 12.3. The molecule has 2 N–H and O–H groups in total. The first kappa shape index (κ1) is 14.7. The molecular weight excluding hydrogens is 280 g/mol. The summed E-state index contributed by atoms with van der Waals surface area (Å²) >= 11 is 0. The van der Waals surface area contributed by atoms with Crippen LogP contribution in [0.25, 0.3) is 0 Å². The molecule has 2 amide bonds. The third kappa shape index (κ3) is 2.34. The van der Waals surface area contributed by atoms with E-state index in [2.05, 4.69) is 0 Å². The van der Waals surface area contributed by atoms with Crippen LogP contribution in [0.4, 0.5) is 5.69 Å². The van der Waals surface area contributed by atoms with Crippen molar-refractivity contribution in [1.29, 1.82) is 0 Å². The van der Waals surface area contributed by atoms with E-state index in [9.17, 15) is 18.0 Å². The van der Waals surface area contributed by atoms with Crippen molar-refractivity contribution in [2.24, 2.45) is 10.6 Å². The number of benzene rings is 1. The summed E-state index contributed by atoms with van der Waals surface area (Å²) in [5.74, 6) is -0.531. The van der Waals surface area contributed by atoms with E-state index in [0.29, 0.717) is 12.1 Å². The molecule has 1 aliphatic rings. The molecule has 0 saturated carbocycles. The van der Waals surface area contributed by atoms with Crippen molar-refractivity contribution in [3.63, 3.8) is 0 Å². The van der Waals surface area contributed by atoms with Crippen LogP contribution < -0.4 is 10.0 Å². The average molecular weight is 296 g/mol. The van der Waals surface area contributed by atoms with Crippen molar-refractivity contribution >= 4 is 27.5 Å². The lowest BCUT2D eigenvalue weighted by Gasteiger charge is -2.20. The summed E-state index contributed by atoms with van der Waals surface area (Å²) in [6.45, 7) is 3.62. The molecule has 7 heteroatoms. The number of amides is 2. The van der Waals surface area contributed by atoms with Gasteiger partial charge in [0.25, 0.3) is 0 Å². The van der Waals surface area contributed by atoms with Crippen LogP contribution in [0.3, 0.4) is 0 Å². The van der Waals surface area contributed by atoms with E-state index in [1.165, 1.54) is 24.3 Å². The zero-order valence-electron chi connectivity index (χ0n) is 11.3. The van der Waals surface area contributed by atoms with Gasteiger partial charge in [-0.25, -0.2) is 13.6 Å². The summed E-state index contributed by atoms with van der Waals surface area (Å²) in [7, 11) is -3.79. The maximum Gasteiger partial charge on any atom is 0.240 e. The fraction of sp³-hybridized carbons (Fsp3) is 0.385.